The zero-order valence-electron chi connectivity index (χ0n) is 25.5. The van der Waals surface area contributed by atoms with E-state index in [0.717, 1.165) is 29.5 Å². The number of hydrogen-bond acceptors (Lipinski definition) is 7. The van der Waals surface area contributed by atoms with E-state index >= 15 is 0 Å². The van der Waals surface area contributed by atoms with Crippen LogP contribution in [0.15, 0.2) is 54.6 Å². The Balaban J connectivity index is 1.24. The molecule has 1 saturated heterocycles. The van der Waals surface area contributed by atoms with Crippen LogP contribution in [0.2, 0.25) is 15.1 Å². The first-order valence-electron chi connectivity index (χ1n) is 14.9. The van der Waals surface area contributed by atoms with Crippen molar-refractivity contribution in [1.29, 1.82) is 0 Å². The summed E-state index contributed by atoms with van der Waals surface area (Å²) in [6.07, 6.45) is 1.21. The number of anilines is 1. The smallest absolute Gasteiger partial charge is 0.407 e. The SMILES string of the molecule is COC(=O)NCc1ccc(Cl)c(CN(C(=O)[C@H]2CNCC(=O)N2c2ccc(OCCOc3c(Cl)cc(C)cc3Cl)cc2)C2CC2)c1. The van der Waals surface area contributed by atoms with E-state index in [2.05, 4.69) is 15.4 Å². The van der Waals surface area contributed by atoms with E-state index in [0.29, 0.717) is 38.8 Å². The van der Waals surface area contributed by atoms with Crippen LogP contribution in [0.3, 0.4) is 0 Å². The van der Waals surface area contributed by atoms with Crippen molar-refractivity contribution in [3.05, 3.63) is 86.4 Å². The molecule has 244 valence electrons. The molecule has 0 radical (unpaired) electrons. The molecule has 2 N–H and O–H groups in total. The van der Waals surface area contributed by atoms with Gasteiger partial charge in [-0.1, -0.05) is 46.9 Å². The standard InChI is InChI=1S/C33H35Cl3N4O6/c1-20-13-27(35)31(28(36)14-20)46-12-11-45-25-8-6-24(7-9-25)40-29(17-37-18-30(40)41)32(42)39(23-4-5-23)19-22-15-21(3-10-26(22)34)16-38-33(43)44-2/h3,6-10,13-15,23,29,37H,4-5,11-12,16-19H2,1-2H3,(H,38,43)/t29-/m1/s1. The number of halogens is 3. The second-order valence-corrected chi connectivity index (χ2v) is 12.3. The number of nitrogens with one attached hydrogen (secondary N) is 2. The number of amides is 3. The molecule has 46 heavy (non-hydrogen) atoms. The predicted molar refractivity (Wildman–Crippen MR) is 177 cm³/mol. The summed E-state index contributed by atoms with van der Waals surface area (Å²) in [6.45, 7) is 3.33. The van der Waals surface area contributed by atoms with Gasteiger partial charge >= 0.3 is 6.09 Å². The van der Waals surface area contributed by atoms with Gasteiger partial charge in [-0.05, 0) is 78.9 Å². The highest BCUT2D eigenvalue weighted by Gasteiger charge is 2.41. The fraction of sp³-hybridized carbons (Fsp3) is 0.364. The quantitative estimate of drug-likeness (QED) is 0.233. The van der Waals surface area contributed by atoms with Gasteiger partial charge in [0.1, 0.15) is 25.0 Å². The summed E-state index contributed by atoms with van der Waals surface area (Å²) in [6, 6.07) is 15.4. The predicted octanol–water partition coefficient (Wildman–Crippen LogP) is 5.77. The van der Waals surface area contributed by atoms with Gasteiger partial charge in [0.05, 0.1) is 23.7 Å². The average Bonchev–Trinajstić information content (AvgIpc) is 3.88. The van der Waals surface area contributed by atoms with Crippen LogP contribution < -0.4 is 25.0 Å². The van der Waals surface area contributed by atoms with Crippen LogP contribution >= 0.6 is 34.8 Å². The van der Waals surface area contributed by atoms with Crippen molar-refractivity contribution >= 4 is 58.4 Å². The molecule has 1 aliphatic heterocycles. The first kappa shape index (κ1) is 33.7. The zero-order valence-corrected chi connectivity index (χ0v) is 27.8. The Bertz CT molecular complexity index is 1560. The number of rotatable bonds is 12. The monoisotopic (exact) mass is 688 g/mol. The van der Waals surface area contributed by atoms with Gasteiger partial charge in [0.2, 0.25) is 11.8 Å². The minimum absolute atomic E-state index is 0.0574. The number of carbonyl (C=O) groups is 3. The Labute approximate surface area is 282 Å². The molecule has 3 aromatic rings. The number of benzene rings is 3. The lowest BCUT2D eigenvalue weighted by Crippen LogP contribution is -2.61. The van der Waals surface area contributed by atoms with E-state index < -0.39 is 12.1 Å². The maximum Gasteiger partial charge on any atom is 0.407 e. The Morgan fingerprint density at radius 2 is 1.67 bits per heavy atom. The summed E-state index contributed by atoms with van der Waals surface area (Å²) in [7, 11) is 1.30. The van der Waals surface area contributed by atoms with Crippen LogP contribution in [0.25, 0.3) is 0 Å². The molecule has 1 aliphatic carbocycles. The van der Waals surface area contributed by atoms with E-state index in [9.17, 15) is 14.4 Å². The molecular formula is C33H35Cl3N4O6. The van der Waals surface area contributed by atoms with Crippen LogP contribution in [-0.4, -0.2) is 68.3 Å². The Hall–Kier alpha value is -3.70. The maximum atomic E-state index is 14.1. The van der Waals surface area contributed by atoms with E-state index in [1.165, 1.54) is 7.11 Å². The van der Waals surface area contributed by atoms with Crippen LogP contribution in [0, 0.1) is 6.92 Å². The van der Waals surface area contributed by atoms with Crippen molar-refractivity contribution in [2.75, 3.05) is 38.3 Å². The van der Waals surface area contributed by atoms with Crippen molar-refractivity contribution in [3.63, 3.8) is 0 Å². The Kier molecular flexibility index (Phi) is 11.2. The largest absolute Gasteiger partial charge is 0.490 e. The van der Waals surface area contributed by atoms with Gasteiger partial charge in [-0.3, -0.25) is 14.5 Å². The molecule has 2 aliphatic rings. The highest BCUT2D eigenvalue weighted by atomic mass is 35.5. The minimum Gasteiger partial charge on any atom is -0.490 e. The third-order valence-electron chi connectivity index (χ3n) is 7.68. The molecule has 3 amide bonds. The lowest BCUT2D eigenvalue weighted by atomic mass is 10.1. The Morgan fingerprint density at radius 1 is 0.978 bits per heavy atom. The van der Waals surface area contributed by atoms with Crippen molar-refractivity contribution in [2.45, 2.75) is 44.9 Å². The van der Waals surface area contributed by atoms with Crippen LogP contribution in [0.1, 0.15) is 29.5 Å². The Morgan fingerprint density at radius 3 is 2.35 bits per heavy atom. The zero-order chi connectivity index (χ0) is 32.8. The molecular weight excluding hydrogens is 655 g/mol. The van der Waals surface area contributed by atoms with Crippen LogP contribution in [-0.2, 0) is 27.4 Å². The molecule has 0 unspecified atom stereocenters. The summed E-state index contributed by atoms with van der Waals surface area (Å²) in [5.74, 6) is 0.618. The second kappa shape index (κ2) is 15.3. The molecule has 1 heterocycles. The third kappa shape index (κ3) is 8.36. The van der Waals surface area contributed by atoms with E-state index in [1.807, 2.05) is 19.1 Å². The van der Waals surface area contributed by atoms with Crippen LogP contribution in [0.4, 0.5) is 10.5 Å². The summed E-state index contributed by atoms with van der Waals surface area (Å²) >= 11 is 19.0. The summed E-state index contributed by atoms with van der Waals surface area (Å²) in [4.78, 5) is 42.2. The van der Waals surface area contributed by atoms with Gasteiger partial charge < -0.3 is 29.7 Å². The van der Waals surface area contributed by atoms with E-state index in [4.69, 9.17) is 44.3 Å². The normalized spacial score (nSPS) is 16.2. The molecule has 13 heteroatoms. The number of carbonyl (C=O) groups excluding carboxylic acids is 3. The molecule has 0 bridgehead atoms. The molecule has 0 spiro atoms. The van der Waals surface area contributed by atoms with Gasteiger partial charge in [-0.25, -0.2) is 4.79 Å². The molecule has 2 fully saturated rings. The van der Waals surface area contributed by atoms with Crippen molar-refractivity contribution in [2.24, 2.45) is 0 Å². The number of hydrogen-bond donors (Lipinski definition) is 2. The molecule has 3 aromatic carbocycles. The number of ether oxygens (including phenoxy) is 3. The second-order valence-electron chi connectivity index (χ2n) is 11.1. The number of aryl methyl sites for hydroxylation is 1. The average molecular weight is 690 g/mol. The lowest BCUT2D eigenvalue weighted by Gasteiger charge is -2.38. The van der Waals surface area contributed by atoms with Gasteiger partial charge in [-0.15, -0.1) is 0 Å². The van der Waals surface area contributed by atoms with E-state index in [-0.39, 0.29) is 50.7 Å². The summed E-state index contributed by atoms with van der Waals surface area (Å²) in [5, 5.41) is 7.13. The highest BCUT2D eigenvalue weighted by Crippen LogP contribution is 2.35. The number of piperazine rings is 1. The fourth-order valence-corrected chi connectivity index (χ4v) is 6.15. The third-order valence-corrected chi connectivity index (χ3v) is 8.61. The minimum atomic E-state index is -0.742. The van der Waals surface area contributed by atoms with Gasteiger partial charge in [-0.2, -0.15) is 0 Å². The molecule has 1 saturated carbocycles. The first-order valence-corrected chi connectivity index (χ1v) is 16.0. The lowest BCUT2D eigenvalue weighted by molar-refractivity contribution is -0.136. The van der Waals surface area contributed by atoms with Crippen LogP contribution in [0.5, 0.6) is 11.5 Å². The molecule has 0 aromatic heterocycles. The first-order chi connectivity index (χ1) is 22.1. The number of methoxy groups -OCH3 is 1. The van der Waals surface area contributed by atoms with Gasteiger partial charge in [0.25, 0.3) is 0 Å². The van der Waals surface area contributed by atoms with Crippen molar-refractivity contribution < 1.29 is 28.6 Å². The highest BCUT2D eigenvalue weighted by molar-refractivity contribution is 6.37. The number of nitrogens with zero attached hydrogens (tertiary/aromatic N) is 2. The van der Waals surface area contributed by atoms with Gasteiger partial charge in [0.15, 0.2) is 5.75 Å². The number of alkyl carbamates (subject to hydrolysis) is 1. The fourth-order valence-electron chi connectivity index (χ4n) is 5.27. The van der Waals surface area contributed by atoms with Crippen molar-refractivity contribution in [1.82, 2.24) is 15.5 Å². The molecule has 5 rings (SSSR count). The maximum absolute atomic E-state index is 14.1. The summed E-state index contributed by atoms with van der Waals surface area (Å²) < 4.78 is 16.2. The molecule has 1 atom stereocenters. The van der Waals surface area contributed by atoms with E-state index in [1.54, 1.807) is 52.3 Å². The van der Waals surface area contributed by atoms with Crippen molar-refractivity contribution in [3.8, 4) is 11.5 Å². The summed E-state index contributed by atoms with van der Waals surface area (Å²) in [5.41, 5.74) is 3.11. The molecule has 10 nitrogen and oxygen atoms in total. The van der Waals surface area contributed by atoms with Gasteiger partial charge in [0, 0.05) is 36.4 Å². The topological polar surface area (TPSA) is 109 Å².